The van der Waals surface area contributed by atoms with Crippen LogP contribution < -0.4 is 0 Å². The van der Waals surface area contributed by atoms with Gasteiger partial charge in [-0.25, -0.2) is 19.4 Å². The fourth-order valence-electron chi connectivity index (χ4n) is 1.83. The predicted octanol–water partition coefficient (Wildman–Crippen LogP) is 0.669. The molecule has 0 saturated heterocycles. The highest BCUT2D eigenvalue weighted by Gasteiger charge is 2.53. The molecule has 17 heavy (non-hydrogen) atoms. The van der Waals surface area contributed by atoms with E-state index in [0.29, 0.717) is 11.1 Å². The molecular formula is C11H10O6. The van der Waals surface area contributed by atoms with E-state index in [0.717, 1.165) is 5.56 Å². The lowest BCUT2D eigenvalue weighted by atomic mass is 9.73. The van der Waals surface area contributed by atoms with Gasteiger partial charge in [-0.15, -0.1) is 0 Å². The predicted molar refractivity (Wildman–Crippen MR) is 54.3 cm³/mol. The second-order valence-corrected chi connectivity index (χ2v) is 3.76. The first kappa shape index (κ1) is 11.6. The Morgan fingerprint density at radius 2 is 2.06 bits per heavy atom. The minimum Gasteiger partial charge on any atom is -0.479 e. The number of carboxylic acids is 2. The van der Waals surface area contributed by atoms with Crippen molar-refractivity contribution in [3.63, 3.8) is 0 Å². The Morgan fingerprint density at radius 3 is 2.53 bits per heavy atom. The van der Waals surface area contributed by atoms with Gasteiger partial charge in [0.25, 0.3) is 0 Å². The normalized spacial score (nSPS) is 20.8. The van der Waals surface area contributed by atoms with Gasteiger partial charge in [0.2, 0.25) is 5.60 Å². The fraction of sp³-hybridized carbons (Fsp3) is 0.273. The number of fused-ring (bicyclic) bond motifs is 2. The Balaban J connectivity index is 2.22. The minimum atomic E-state index is -1.67. The van der Waals surface area contributed by atoms with Gasteiger partial charge in [-0.1, -0.05) is 12.1 Å². The third kappa shape index (κ3) is 1.58. The van der Waals surface area contributed by atoms with Crippen LogP contribution in [0.1, 0.15) is 16.7 Å². The molecule has 0 radical (unpaired) electrons. The maximum atomic E-state index is 11.3. The van der Waals surface area contributed by atoms with Gasteiger partial charge >= 0.3 is 11.9 Å². The van der Waals surface area contributed by atoms with Gasteiger partial charge in [0.15, 0.2) is 6.61 Å². The van der Waals surface area contributed by atoms with Crippen molar-refractivity contribution >= 4 is 11.9 Å². The lowest BCUT2D eigenvalue weighted by molar-refractivity contribution is -0.348. The maximum absolute atomic E-state index is 11.3. The van der Waals surface area contributed by atoms with Crippen molar-refractivity contribution in [3.8, 4) is 0 Å². The lowest BCUT2D eigenvalue weighted by Gasteiger charge is -2.37. The third-order valence-corrected chi connectivity index (χ3v) is 2.69. The van der Waals surface area contributed by atoms with Crippen LogP contribution >= 0.6 is 0 Å². The molecule has 3 rings (SSSR count). The van der Waals surface area contributed by atoms with Gasteiger partial charge in [-0.3, -0.25) is 0 Å². The highest BCUT2D eigenvalue weighted by molar-refractivity contribution is 5.88. The molecular weight excluding hydrogens is 228 g/mol. The molecule has 2 N–H and O–H groups in total. The number of aryl methyl sites for hydroxylation is 1. The summed E-state index contributed by atoms with van der Waals surface area (Å²) in [5.74, 6) is -2.45. The number of aliphatic carboxylic acids is 2. The average molecular weight is 238 g/mol. The number of benzene rings is 1. The second-order valence-electron chi connectivity index (χ2n) is 3.76. The molecule has 0 saturated carbocycles. The second kappa shape index (κ2) is 3.83. The summed E-state index contributed by atoms with van der Waals surface area (Å²) in [4.78, 5) is 30.8. The van der Waals surface area contributed by atoms with E-state index in [-0.39, 0.29) is 0 Å². The molecule has 0 aromatic heterocycles. The molecule has 0 fully saturated rings. The summed E-state index contributed by atoms with van der Waals surface area (Å²) in [5, 5.41) is 17.6. The van der Waals surface area contributed by atoms with Gasteiger partial charge in [0.05, 0.1) is 0 Å². The van der Waals surface area contributed by atoms with Crippen molar-refractivity contribution in [1.29, 1.82) is 0 Å². The zero-order valence-electron chi connectivity index (χ0n) is 8.97. The first-order valence-electron chi connectivity index (χ1n) is 4.86. The Kier molecular flexibility index (Phi) is 2.60. The summed E-state index contributed by atoms with van der Waals surface area (Å²) >= 11 is 0. The Hall–Kier alpha value is -1.92. The number of hydrogen-bond donors (Lipinski definition) is 2. The van der Waals surface area contributed by atoms with Crippen LogP contribution in [0.5, 0.6) is 0 Å². The van der Waals surface area contributed by atoms with E-state index in [1.807, 2.05) is 0 Å². The van der Waals surface area contributed by atoms with E-state index < -0.39 is 24.1 Å². The van der Waals surface area contributed by atoms with E-state index in [1.54, 1.807) is 25.1 Å². The topological polar surface area (TPSA) is 93.1 Å². The maximum Gasteiger partial charge on any atom is 0.348 e. The monoisotopic (exact) mass is 238 g/mol. The quantitative estimate of drug-likeness (QED) is 0.578. The Bertz CT molecular complexity index is 491. The molecule has 0 amide bonds. The molecule has 2 aliphatic rings. The zero-order valence-corrected chi connectivity index (χ0v) is 8.97. The summed E-state index contributed by atoms with van der Waals surface area (Å²) < 4.78 is 0. The molecule has 1 atom stereocenters. The summed E-state index contributed by atoms with van der Waals surface area (Å²) in [7, 11) is 0. The largest absolute Gasteiger partial charge is 0.479 e. The lowest BCUT2D eigenvalue weighted by Crippen LogP contribution is -2.46. The van der Waals surface area contributed by atoms with Gasteiger partial charge in [-0.2, -0.15) is 0 Å². The van der Waals surface area contributed by atoms with E-state index in [2.05, 4.69) is 4.89 Å². The molecule has 90 valence electrons. The minimum absolute atomic E-state index is 0.441. The van der Waals surface area contributed by atoms with Crippen LogP contribution in [-0.4, -0.2) is 28.8 Å². The van der Waals surface area contributed by atoms with Crippen molar-refractivity contribution in [2.45, 2.75) is 12.5 Å². The highest BCUT2D eigenvalue weighted by atomic mass is 17.2. The van der Waals surface area contributed by atoms with Crippen LogP contribution in [-0.2, 0) is 25.0 Å². The SMILES string of the molecule is Cc1ccc2cc1C2(OOCC(=O)O)C(=O)O. The molecule has 1 unspecified atom stereocenters. The number of carboxylic acid groups (broad SMARTS) is 2. The van der Waals surface area contributed by atoms with Crippen molar-refractivity contribution < 1.29 is 29.6 Å². The zero-order chi connectivity index (χ0) is 12.6. The highest BCUT2D eigenvalue weighted by Crippen LogP contribution is 2.45. The first-order chi connectivity index (χ1) is 7.98. The van der Waals surface area contributed by atoms with Crippen LogP contribution in [0.15, 0.2) is 18.2 Å². The van der Waals surface area contributed by atoms with Crippen LogP contribution in [0.4, 0.5) is 0 Å². The fourth-order valence-corrected chi connectivity index (χ4v) is 1.83. The van der Waals surface area contributed by atoms with Gasteiger partial charge in [-0.05, 0) is 18.6 Å². The van der Waals surface area contributed by atoms with Crippen molar-refractivity contribution in [1.82, 2.24) is 0 Å². The van der Waals surface area contributed by atoms with E-state index in [4.69, 9.17) is 9.99 Å². The molecule has 0 aliphatic heterocycles. The standard InChI is InChI=1S/C11H10O6/c1-6-2-3-7-4-8(6)11(7,10(14)15)17-16-5-9(12)13/h2-4H,5H2,1H3,(H,12,13)(H,14,15). The van der Waals surface area contributed by atoms with Gasteiger partial charge in [0.1, 0.15) is 0 Å². The van der Waals surface area contributed by atoms with Crippen LogP contribution in [0.3, 0.4) is 0 Å². The Morgan fingerprint density at radius 1 is 1.35 bits per heavy atom. The summed E-state index contributed by atoms with van der Waals surface area (Å²) in [6.45, 7) is 1.04. The van der Waals surface area contributed by atoms with Crippen LogP contribution in [0, 0.1) is 6.92 Å². The third-order valence-electron chi connectivity index (χ3n) is 2.69. The van der Waals surface area contributed by atoms with E-state index >= 15 is 0 Å². The number of carbonyl (C=O) groups is 2. The molecule has 6 heteroatoms. The van der Waals surface area contributed by atoms with Crippen LogP contribution in [0.25, 0.3) is 0 Å². The Labute approximate surface area is 96.3 Å². The molecule has 0 spiro atoms. The summed E-state index contributed by atoms with van der Waals surface area (Å²) in [5.41, 5.74) is -0.000854. The molecule has 1 aromatic carbocycles. The van der Waals surface area contributed by atoms with Crippen LogP contribution in [0.2, 0.25) is 0 Å². The first-order valence-corrected chi connectivity index (χ1v) is 4.86. The number of hydrogen-bond acceptors (Lipinski definition) is 4. The van der Waals surface area contributed by atoms with Crippen molar-refractivity contribution in [2.75, 3.05) is 6.61 Å². The molecule has 6 nitrogen and oxygen atoms in total. The van der Waals surface area contributed by atoms with Crippen molar-refractivity contribution in [2.24, 2.45) is 0 Å². The molecule has 2 aliphatic carbocycles. The van der Waals surface area contributed by atoms with Gasteiger partial charge < -0.3 is 10.2 Å². The smallest absolute Gasteiger partial charge is 0.348 e. The summed E-state index contributed by atoms with van der Waals surface area (Å²) in [6, 6.07) is 5.06. The van der Waals surface area contributed by atoms with E-state index in [1.165, 1.54) is 0 Å². The van der Waals surface area contributed by atoms with Gasteiger partial charge in [0, 0.05) is 11.1 Å². The van der Waals surface area contributed by atoms with E-state index in [9.17, 15) is 14.7 Å². The molecule has 0 heterocycles. The molecule has 2 bridgehead atoms. The van der Waals surface area contributed by atoms with Crippen molar-refractivity contribution in [3.05, 3.63) is 34.9 Å². The summed E-state index contributed by atoms with van der Waals surface area (Å²) in [6.07, 6.45) is 0. The average Bonchev–Trinajstić information content (AvgIpc) is 2.22. The molecule has 1 aromatic rings. The number of rotatable bonds is 5.